The molecule has 0 bridgehead atoms. The topological polar surface area (TPSA) is 239 Å². The Morgan fingerprint density at radius 3 is 1.71 bits per heavy atom. The maximum Gasteiger partial charge on any atom is 0.422 e. The van der Waals surface area contributed by atoms with Gasteiger partial charge in [0.05, 0.1) is 73.3 Å². The number of nitrogen functional groups attached to an aromatic ring is 1. The number of hydrogen-bond donors (Lipinski definition) is 5. The predicted octanol–water partition coefficient (Wildman–Crippen LogP) is 13.0. The van der Waals surface area contributed by atoms with Gasteiger partial charge in [-0.2, -0.15) is 39.5 Å². The molecule has 0 aliphatic carbocycles. The summed E-state index contributed by atoms with van der Waals surface area (Å²) in [4.78, 5) is 54.7. The van der Waals surface area contributed by atoms with Gasteiger partial charge in [0, 0.05) is 42.1 Å². The van der Waals surface area contributed by atoms with E-state index in [1.54, 1.807) is 24.5 Å². The number of H-pyrrole nitrogens is 2. The molecule has 34 heteroatoms. The standard InChI is InChI=1S/C17H14ClF3N4O3S.C11H11ClF3NO3.C9H10F3NO2.C6H4ClN3S.C2H2Cl2O.CH4/c1-27-12-6-23-14(4-11(12)28-8-17(19,20)21)25-15(26)7-29-16-3-9-2-13(18)22-5-10(9)24-16;1-18-8-3-2-7(16-10(17)5-12)4-9(8)19-6-11(13,14)15;1-14-7-3-2-6(13)4-8(7)15-5-9(10,11)12;7-5-1-3-4(2-8-5)10-6(11)9-3;3-1-2(4)5;/h2,4-6H,3,7-8H2,1H3,(H,23,25,26);2-4H,5-6H2,1H3,(H,16,17);2-4H,5,13H2,1H3;1-2H,(H2,9,10,11);1H2;1H4. The molecule has 4 aromatic heterocycles. The van der Waals surface area contributed by atoms with Crippen molar-refractivity contribution in [1.82, 2.24) is 24.9 Å². The van der Waals surface area contributed by atoms with Crippen LogP contribution in [0.4, 0.5) is 62.4 Å². The van der Waals surface area contributed by atoms with Gasteiger partial charge in [0.2, 0.25) is 17.1 Å². The van der Waals surface area contributed by atoms with Gasteiger partial charge in [-0.3, -0.25) is 14.4 Å². The van der Waals surface area contributed by atoms with Gasteiger partial charge in [-0.05, 0) is 59.7 Å². The van der Waals surface area contributed by atoms with Crippen molar-refractivity contribution in [3.63, 3.8) is 0 Å². The number of methoxy groups -OCH3 is 3. The molecule has 438 valence electrons. The molecule has 80 heavy (non-hydrogen) atoms. The summed E-state index contributed by atoms with van der Waals surface area (Å²) in [5.41, 5.74) is 9.38. The number of rotatable bonds is 15. The molecule has 6 N–H and O–H groups in total. The van der Waals surface area contributed by atoms with Crippen LogP contribution in [0, 0.1) is 4.77 Å². The number of nitrogens with one attached hydrogen (secondary N) is 4. The molecule has 7 rings (SSSR count). The molecule has 0 fully saturated rings. The van der Waals surface area contributed by atoms with Gasteiger partial charge in [-0.1, -0.05) is 30.6 Å². The average molecular weight is 1280 g/mol. The smallest absolute Gasteiger partial charge is 0.422 e. The van der Waals surface area contributed by atoms with Crippen molar-refractivity contribution in [3.05, 3.63) is 93.8 Å². The van der Waals surface area contributed by atoms with E-state index < -0.39 is 55.4 Å². The molecular formula is C46H45Cl5F9N9O9S2. The SMILES string of the molecule is C.COc1ccc(N)cc1OCC(F)(F)F.COc1ccc(NC(=O)CCl)cc1OCC(F)(F)F.COc1cnc(NC(=O)CSC2=Nc3cnc(Cl)cc3C2)cc1OCC(F)(F)F.O=C(Cl)CCl.S=c1[nH]c2cnc(Cl)cc2[nH]1. The summed E-state index contributed by atoms with van der Waals surface area (Å²) in [7, 11) is 3.91. The lowest BCUT2D eigenvalue weighted by molar-refractivity contribution is -0.154. The van der Waals surface area contributed by atoms with Crippen LogP contribution in [0.2, 0.25) is 10.3 Å². The summed E-state index contributed by atoms with van der Waals surface area (Å²) in [5.74, 6) is -1.09. The van der Waals surface area contributed by atoms with Gasteiger partial charge >= 0.3 is 18.5 Å². The minimum atomic E-state index is -4.51. The maximum absolute atomic E-state index is 12.4. The fourth-order valence-corrected chi connectivity index (χ4v) is 6.88. The van der Waals surface area contributed by atoms with Crippen molar-refractivity contribution in [2.75, 3.05) is 75.0 Å². The molecule has 0 unspecified atom stereocenters. The summed E-state index contributed by atoms with van der Waals surface area (Å²) in [6.07, 6.45) is -8.42. The first-order valence-electron chi connectivity index (χ1n) is 21.3. The number of imidazole rings is 1. The third-order valence-electron chi connectivity index (χ3n) is 8.61. The number of nitrogens with zero attached hydrogens (tertiary/aromatic N) is 4. The van der Waals surface area contributed by atoms with Crippen molar-refractivity contribution in [1.29, 1.82) is 0 Å². The molecular weight excluding hydrogens is 1230 g/mol. The van der Waals surface area contributed by atoms with Crippen LogP contribution >= 0.6 is 82.0 Å². The number of ether oxygens (including phenoxy) is 6. The van der Waals surface area contributed by atoms with Gasteiger partial charge in [0.1, 0.15) is 22.0 Å². The summed E-state index contributed by atoms with van der Waals surface area (Å²) in [6.45, 7) is -4.31. The zero-order valence-electron chi connectivity index (χ0n) is 40.5. The highest BCUT2D eigenvalue weighted by molar-refractivity contribution is 8.14. The summed E-state index contributed by atoms with van der Waals surface area (Å²) >= 11 is 32.5. The minimum Gasteiger partial charge on any atom is -0.493 e. The molecule has 2 aromatic carbocycles. The Kier molecular flexibility index (Phi) is 29.1. The second-order valence-electron chi connectivity index (χ2n) is 14.7. The maximum atomic E-state index is 12.4. The van der Waals surface area contributed by atoms with Gasteiger partial charge in [0.25, 0.3) is 0 Å². The average Bonchev–Trinajstić information content (AvgIpc) is 3.97. The number of thioether (sulfide) groups is 1. The number of aliphatic imine (C=N–C) groups is 1. The number of carbonyl (C=O) groups excluding carboxylic acids is 3. The van der Waals surface area contributed by atoms with E-state index in [9.17, 15) is 53.9 Å². The van der Waals surface area contributed by atoms with E-state index in [1.165, 1.54) is 81.8 Å². The zero-order chi connectivity index (χ0) is 59.1. The Labute approximate surface area is 483 Å². The molecule has 0 spiro atoms. The Bertz CT molecular complexity index is 3090. The van der Waals surface area contributed by atoms with E-state index in [0.717, 1.165) is 21.6 Å². The molecule has 0 saturated carbocycles. The Morgan fingerprint density at radius 2 is 1.18 bits per heavy atom. The van der Waals surface area contributed by atoms with Gasteiger partial charge in [0.15, 0.2) is 59.1 Å². The normalized spacial score (nSPS) is 11.3. The summed E-state index contributed by atoms with van der Waals surface area (Å²) in [5, 5.41) is 5.96. The van der Waals surface area contributed by atoms with E-state index in [-0.39, 0.29) is 70.9 Å². The number of halogens is 14. The van der Waals surface area contributed by atoms with Crippen LogP contribution in [0.5, 0.6) is 34.5 Å². The van der Waals surface area contributed by atoms with E-state index in [0.29, 0.717) is 32.9 Å². The van der Waals surface area contributed by atoms with Crippen LogP contribution in [-0.4, -0.2) is 124 Å². The number of fused-ring (bicyclic) bond motifs is 2. The fraction of sp³-hybridized carbons (Fsp3) is 0.304. The van der Waals surface area contributed by atoms with Crippen LogP contribution in [0.15, 0.2) is 78.2 Å². The lowest BCUT2D eigenvalue weighted by Crippen LogP contribution is -2.20. The fourth-order valence-electron chi connectivity index (χ4n) is 5.46. The van der Waals surface area contributed by atoms with E-state index in [4.69, 9.17) is 94.9 Å². The molecule has 0 atom stereocenters. The molecule has 18 nitrogen and oxygen atoms in total. The lowest BCUT2D eigenvalue weighted by Gasteiger charge is -2.13. The Morgan fingerprint density at radius 1 is 0.662 bits per heavy atom. The number of aromatic nitrogens is 5. The number of amides is 2. The van der Waals surface area contributed by atoms with Gasteiger partial charge in [-0.25, -0.2) is 19.9 Å². The van der Waals surface area contributed by atoms with E-state index in [2.05, 4.69) is 50.0 Å². The summed E-state index contributed by atoms with van der Waals surface area (Å²) in [6, 6.07) is 12.9. The summed E-state index contributed by atoms with van der Waals surface area (Å²) < 4.78 is 138. The van der Waals surface area contributed by atoms with Crippen LogP contribution in [0.25, 0.3) is 11.0 Å². The molecule has 1 aliphatic rings. The quantitative estimate of drug-likeness (QED) is 0.0160. The number of aromatic amines is 2. The number of pyridine rings is 3. The van der Waals surface area contributed by atoms with E-state index >= 15 is 0 Å². The highest BCUT2D eigenvalue weighted by Crippen LogP contribution is 2.35. The first-order valence-corrected chi connectivity index (χ1v) is 24.9. The Balaban J connectivity index is 0.000000372. The van der Waals surface area contributed by atoms with Crippen LogP contribution in [-0.2, 0) is 20.8 Å². The number of benzene rings is 2. The third kappa shape index (κ3) is 26.7. The molecule has 1 aliphatic heterocycles. The third-order valence-corrected chi connectivity index (χ3v) is 11.0. The second-order valence-corrected chi connectivity index (χ2v) is 17.9. The largest absolute Gasteiger partial charge is 0.493 e. The van der Waals surface area contributed by atoms with Crippen LogP contribution < -0.4 is 44.8 Å². The minimum absolute atomic E-state index is 0. The highest BCUT2D eigenvalue weighted by atomic mass is 35.5. The Hall–Kier alpha value is -6.37. The molecule has 6 aromatic rings. The van der Waals surface area contributed by atoms with Crippen molar-refractivity contribution in [2.45, 2.75) is 32.4 Å². The van der Waals surface area contributed by atoms with Gasteiger partial charge < -0.3 is 54.8 Å². The predicted molar refractivity (Wildman–Crippen MR) is 291 cm³/mol. The molecule has 2 amide bonds. The molecule has 0 radical (unpaired) electrons. The zero-order valence-corrected chi connectivity index (χ0v) is 45.9. The van der Waals surface area contributed by atoms with Crippen molar-refractivity contribution >= 4 is 138 Å². The van der Waals surface area contributed by atoms with Crippen LogP contribution in [0.3, 0.4) is 0 Å². The number of carbonyl (C=O) groups is 3. The number of nitrogens with two attached hydrogens (primary N) is 1. The highest BCUT2D eigenvalue weighted by Gasteiger charge is 2.31. The van der Waals surface area contributed by atoms with Crippen molar-refractivity contribution < 1.29 is 82.3 Å². The second kappa shape index (κ2) is 33.4. The molecule has 5 heterocycles. The molecule has 0 saturated heterocycles. The first kappa shape index (κ1) is 69.7. The van der Waals surface area contributed by atoms with Crippen molar-refractivity contribution in [3.8, 4) is 34.5 Å². The van der Waals surface area contributed by atoms with E-state index in [1.807, 2.05) is 0 Å². The van der Waals surface area contributed by atoms with Crippen molar-refractivity contribution in [2.24, 2.45) is 4.99 Å². The first-order chi connectivity index (χ1) is 37.0. The van der Waals surface area contributed by atoms with Gasteiger partial charge in [-0.15, -0.1) is 35.0 Å². The number of hydrogen-bond acceptors (Lipinski definition) is 16. The van der Waals surface area contributed by atoms with Crippen LogP contribution in [0.1, 0.15) is 13.0 Å². The monoisotopic (exact) mass is 1280 g/mol. The lowest BCUT2D eigenvalue weighted by atomic mass is 10.2. The number of anilines is 3. The number of alkyl halides is 11.